The van der Waals surface area contributed by atoms with Crippen LogP contribution in [0.5, 0.6) is 0 Å². The Kier molecular flexibility index (Phi) is 3.60. The number of nitrogens with zero attached hydrogens (tertiary/aromatic N) is 1. The topological polar surface area (TPSA) is 105 Å². The van der Waals surface area contributed by atoms with E-state index >= 15 is 0 Å². The number of hydrogen-bond acceptors (Lipinski definition) is 4. The second-order valence-corrected chi connectivity index (χ2v) is 4.12. The molecule has 0 spiro atoms. The molecule has 0 fully saturated rings. The quantitative estimate of drug-likeness (QED) is 0.506. The maximum absolute atomic E-state index is 11.9. The summed E-state index contributed by atoms with van der Waals surface area (Å²) in [6, 6.07) is 7.03. The van der Waals surface area contributed by atoms with Crippen LogP contribution in [0.3, 0.4) is 0 Å². The first-order valence-electron chi connectivity index (χ1n) is 5.72. The number of Topliss-reactive ketones (excluding diaryl/α,β-unsaturated/α-hetero) is 1. The van der Waals surface area contributed by atoms with Crippen molar-refractivity contribution in [3.63, 3.8) is 0 Å². The SMILES string of the molecule is CC(=O)c1c[nH]c(C(=O)Nc2cccc([N+](=O)[O-])c2)c1. The summed E-state index contributed by atoms with van der Waals surface area (Å²) in [4.78, 5) is 35.8. The molecule has 0 aliphatic rings. The molecule has 7 nitrogen and oxygen atoms in total. The van der Waals surface area contributed by atoms with E-state index in [4.69, 9.17) is 0 Å². The zero-order valence-electron chi connectivity index (χ0n) is 10.5. The molecule has 1 aromatic carbocycles. The maximum atomic E-state index is 11.9. The van der Waals surface area contributed by atoms with Gasteiger partial charge in [-0.3, -0.25) is 19.7 Å². The highest BCUT2D eigenvalue weighted by atomic mass is 16.6. The van der Waals surface area contributed by atoms with Gasteiger partial charge in [-0.25, -0.2) is 0 Å². The molecule has 0 saturated heterocycles. The van der Waals surface area contributed by atoms with E-state index in [1.165, 1.54) is 37.4 Å². The molecule has 0 aliphatic carbocycles. The molecule has 1 aromatic heterocycles. The van der Waals surface area contributed by atoms with Crippen molar-refractivity contribution in [2.24, 2.45) is 0 Å². The van der Waals surface area contributed by atoms with Gasteiger partial charge in [-0.1, -0.05) is 6.07 Å². The zero-order valence-corrected chi connectivity index (χ0v) is 10.5. The number of amides is 1. The lowest BCUT2D eigenvalue weighted by Crippen LogP contribution is -2.12. The third kappa shape index (κ3) is 2.89. The molecular weight excluding hydrogens is 262 g/mol. The van der Waals surface area contributed by atoms with Gasteiger partial charge in [0.25, 0.3) is 11.6 Å². The van der Waals surface area contributed by atoms with Gasteiger partial charge < -0.3 is 10.3 Å². The Morgan fingerprint density at radius 2 is 2.05 bits per heavy atom. The molecule has 0 bridgehead atoms. The van der Waals surface area contributed by atoms with E-state index in [1.807, 2.05) is 0 Å². The highest BCUT2D eigenvalue weighted by Crippen LogP contribution is 2.17. The number of carbonyl (C=O) groups excluding carboxylic acids is 2. The summed E-state index contributed by atoms with van der Waals surface area (Å²) in [5, 5.41) is 13.2. The lowest BCUT2D eigenvalue weighted by atomic mass is 10.2. The predicted molar refractivity (Wildman–Crippen MR) is 71.8 cm³/mol. The molecule has 0 aliphatic heterocycles. The summed E-state index contributed by atoms with van der Waals surface area (Å²) in [5.41, 5.74) is 0.804. The van der Waals surface area contributed by atoms with Crippen molar-refractivity contribution in [3.8, 4) is 0 Å². The van der Waals surface area contributed by atoms with E-state index in [2.05, 4.69) is 10.3 Å². The molecule has 0 unspecified atom stereocenters. The number of aromatic nitrogens is 1. The first-order valence-corrected chi connectivity index (χ1v) is 5.72. The van der Waals surface area contributed by atoms with E-state index in [1.54, 1.807) is 6.07 Å². The predicted octanol–water partition coefficient (Wildman–Crippen LogP) is 2.38. The molecular formula is C13H11N3O4. The van der Waals surface area contributed by atoms with Crippen LogP contribution in [-0.2, 0) is 0 Å². The summed E-state index contributed by atoms with van der Waals surface area (Å²) in [6.07, 6.45) is 1.44. The molecule has 102 valence electrons. The van der Waals surface area contributed by atoms with E-state index in [9.17, 15) is 19.7 Å². The number of benzene rings is 1. The molecule has 0 atom stereocenters. The number of ketones is 1. The van der Waals surface area contributed by atoms with Gasteiger partial charge in [0.2, 0.25) is 0 Å². The van der Waals surface area contributed by atoms with Crippen LogP contribution in [0.25, 0.3) is 0 Å². The Morgan fingerprint density at radius 3 is 2.65 bits per heavy atom. The normalized spacial score (nSPS) is 10.1. The summed E-state index contributed by atoms with van der Waals surface area (Å²) in [5.74, 6) is -0.631. The Hall–Kier alpha value is -2.96. The van der Waals surface area contributed by atoms with Crippen LogP contribution in [0, 0.1) is 10.1 Å². The number of nitro groups is 1. The van der Waals surface area contributed by atoms with Crippen LogP contribution < -0.4 is 5.32 Å². The van der Waals surface area contributed by atoms with Crippen molar-refractivity contribution < 1.29 is 14.5 Å². The minimum atomic E-state index is -0.543. The van der Waals surface area contributed by atoms with Gasteiger partial charge in [-0.15, -0.1) is 0 Å². The molecule has 7 heteroatoms. The Morgan fingerprint density at radius 1 is 1.30 bits per heavy atom. The van der Waals surface area contributed by atoms with Gasteiger partial charge in [-0.2, -0.15) is 0 Å². The number of rotatable bonds is 4. The molecule has 2 aromatic rings. The lowest BCUT2D eigenvalue weighted by molar-refractivity contribution is -0.384. The molecule has 0 radical (unpaired) electrons. The number of aromatic amines is 1. The number of hydrogen-bond donors (Lipinski definition) is 2. The van der Waals surface area contributed by atoms with Crippen LogP contribution in [0.15, 0.2) is 36.5 Å². The number of nitro benzene ring substituents is 1. The van der Waals surface area contributed by atoms with Gasteiger partial charge in [0.1, 0.15) is 5.69 Å². The fraction of sp³-hybridized carbons (Fsp3) is 0.0769. The van der Waals surface area contributed by atoms with Crippen molar-refractivity contribution in [1.82, 2.24) is 4.98 Å². The largest absolute Gasteiger partial charge is 0.356 e. The van der Waals surface area contributed by atoms with Crippen molar-refractivity contribution in [1.29, 1.82) is 0 Å². The van der Waals surface area contributed by atoms with Gasteiger partial charge in [0.15, 0.2) is 5.78 Å². The fourth-order valence-electron chi connectivity index (χ4n) is 1.62. The molecule has 2 N–H and O–H groups in total. The summed E-state index contributed by atoms with van der Waals surface area (Å²) in [7, 11) is 0. The average Bonchev–Trinajstić information content (AvgIpc) is 2.88. The summed E-state index contributed by atoms with van der Waals surface area (Å²) in [6.45, 7) is 1.39. The van der Waals surface area contributed by atoms with E-state index in [0.717, 1.165) is 0 Å². The zero-order chi connectivity index (χ0) is 14.7. The second-order valence-electron chi connectivity index (χ2n) is 4.12. The summed E-state index contributed by atoms with van der Waals surface area (Å²) >= 11 is 0. The summed E-state index contributed by atoms with van der Waals surface area (Å²) < 4.78 is 0. The third-order valence-electron chi connectivity index (χ3n) is 2.65. The van der Waals surface area contributed by atoms with Crippen LogP contribution >= 0.6 is 0 Å². The molecule has 0 saturated carbocycles. The van der Waals surface area contributed by atoms with Crippen molar-refractivity contribution in [2.45, 2.75) is 6.92 Å². The minimum Gasteiger partial charge on any atom is -0.356 e. The number of H-pyrrole nitrogens is 1. The van der Waals surface area contributed by atoms with Crippen LogP contribution in [0.4, 0.5) is 11.4 Å². The monoisotopic (exact) mass is 273 g/mol. The van der Waals surface area contributed by atoms with E-state index in [0.29, 0.717) is 11.3 Å². The number of nitrogens with one attached hydrogen (secondary N) is 2. The molecule has 20 heavy (non-hydrogen) atoms. The van der Waals surface area contributed by atoms with Crippen LogP contribution in [0.1, 0.15) is 27.8 Å². The van der Waals surface area contributed by atoms with Crippen molar-refractivity contribution in [3.05, 3.63) is 57.9 Å². The third-order valence-corrected chi connectivity index (χ3v) is 2.65. The number of carbonyl (C=O) groups is 2. The maximum Gasteiger partial charge on any atom is 0.272 e. The molecule has 1 heterocycles. The smallest absolute Gasteiger partial charge is 0.272 e. The number of anilines is 1. The lowest BCUT2D eigenvalue weighted by Gasteiger charge is -2.03. The molecule has 2 rings (SSSR count). The first-order chi connectivity index (χ1) is 9.47. The van der Waals surface area contributed by atoms with Gasteiger partial charge in [0.05, 0.1) is 4.92 Å². The Bertz CT molecular complexity index is 690. The molecule has 1 amide bonds. The van der Waals surface area contributed by atoms with Crippen LogP contribution in [0.2, 0.25) is 0 Å². The highest BCUT2D eigenvalue weighted by molar-refractivity contribution is 6.05. The minimum absolute atomic E-state index is 0.112. The second kappa shape index (κ2) is 5.35. The van der Waals surface area contributed by atoms with Gasteiger partial charge >= 0.3 is 0 Å². The number of non-ortho nitro benzene ring substituents is 1. The fourth-order valence-corrected chi connectivity index (χ4v) is 1.62. The Labute approximate surface area is 113 Å². The van der Waals surface area contributed by atoms with Gasteiger partial charge in [0, 0.05) is 29.6 Å². The van der Waals surface area contributed by atoms with Crippen molar-refractivity contribution >= 4 is 23.1 Å². The first kappa shape index (κ1) is 13.5. The standard InChI is InChI=1S/C13H11N3O4/c1-8(17)9-5-12(14-7-9)13(18)15-10-3-2-4-11(6-10)16(19)20/h2-7,14H,1H3,(H,15,18). The highest BCUT2D eigenvalue weighted by Gasteiger charge is 2.12. The van der Waals surface area contributed by atoms with E-state index in [-0.39, 0.29) is 17.2 Å². The average molecular weight is 273 g/mol. The van der Waals surface area contributed by atoms with Gasteiger partial charge in [-0.05, 0) is 19.1 Å². The van der Waals surface area contributed by atoms with Crippen molar-refractivity contribution in [2.75, 3.05) is 5.32 Å². The Balaban J connectivity index is 2.16. The van der Waals surface area contributed by atoms with Crippen LogP contribution in [-0.4, -0.2) is 21.6 Å². The van der Waals surface area contributed by atoms with E-state index < -0.39 is 10.8 Å².